The zero-order valence-electron chi connectivity index (χ0n) is 12.4. The van der Waals surface area contributed by atoms with Gasteiger partial charge in [-0.1, -0.05) is 33.1 Å². The van der Waals surface area contributed by atoms with Crippen molar-refractivity contribution in [1.29, 1.82) is 0 Å². The van der Waals surface area contributed by atoms with E-state index in [1.54, 1.807) is 0 Å². The van der Waals surface area contributed by atoms with Gasteiger partial charge in [0.2, 0.25) is 0 Å². The van der Waals surface area contributed by atoms with Gasteiger partial charge in [0, 0.05) is 24.1 Å². The van der Waals surface area contributed by atoms with Gasteiger partial charge < -0.3 is 10.1 Å². The summed E-state index contributed by atoms with van der Waals surface area (Å²) in [4.78, 5) is 0. The van der Waals surface area contributed by atoms with Gasteiger partial charge in [-0.15, -0.1) is 0 Å². The number of hydrogen-bond acceptors (Lipinski definition) is 2. The molecule has 2 nitrogen and oxygen atoms in total. The van der Waals surface area contributed by atoms with Crippen molar-refractivity contribution < 1.29 is 4.74 Å². The fourth-order valence-corrected chi connectivity index (χ4v) is 1.94. The van der Waals surface area contributed by atoms with Crippen molar-refractivity contribution >= 4 is 0 Å². The third kappa shape index (κ3) is 7.05. The fourth-order valence-electron chi connectivity index (χ4n) is 1.94. The molecule has 2 heteroatoms. The first kappa shape index (κ1) is 15.0. The molecule has 0 saturated heterocycles. The van der Waals surface area contributed by atoms with Crippen molar-refractivity contribution in [2.45, 2.75) is 65.8 Å². The van der Waals surface area contributed by atoms with E-state index in [0.29, 0.717) is 0 Å². The Bertz CT molecular complexity index is 213. The van der Waals surface area contributed by atoms with Crippen LogP contribution < -0.4 is 5.32 Å². The van der Waals surface area contributed by atoms with Crippen molar-refractivity contribution in [3.05, 3.63) is 0 Å². The normalized spacial score (nSPS) is 18.2. The van der Waals surface area contributed by atoms with Gasteiger partial charge in [0.15, 0.2) is 0 Å². The maximum atomic E-state index is 5.83. The van der Waals surface area contributed by atoms with E-state index in [1.165, 1.54) is 25.7 Å². The van der Waals surface area contributed by atoms with Crippen LogP contribution in [0.1, 0.15) is 60.3 Å². The standard InChI is InChI=1S/C15H31NO/c1-14(2,3)16-11-15(4,5)12-17-10-9-13-7-6-8-13/h13,16H,6-12H2,1-5H3. The third-order valence-electron chi connectivity index (χ3n) is 3.49. The molecule has 1 N–H and O–H groups in total. The average Bonchev–Trinajstić information content (AvgIpc) is 2.11. The lowest BCUT2D eigenvalue weighted by Crippen LogP contribution is -2.43. The molecule has 1 saturated carbocycles. The van der Waals surface area contributed by atoms with Gasteiger partial charge in [-0.25, -0.2) is 0 Å². The van der Waals surface area contributed by atoms with Crippen LogP contribution in [0.15, 0.2) is 0 Å². The van der Waals surface area contributed by atoms with Crippen molar-refractivity contribution in [3.63, 3.8) is 0 Å². The van der Waals surface area contributed by atoms with Crippen LogP contribution in [0.25, 0.3) is 0 Å². The lowest BCUT2D eigenvalue weighted by molar-refractivity contribution is 0.0453. The summed E-state index contributed by atoms with van der Waals surface area (Å²) >= 11 is 0. The highest BCUT2D eigenvalue weighted by atomic mass is 16.5. The topological polar surface area (TPSA) is 21.3 Å². The van der Waals surface area contributed by atoms with Gasteiger partial charge >= 0.3 is 0 Å². The largest absolute Gasteiger partial charge is 0.381 e. The molecule has 0 amide bonds. The molecule has 1 aliphatic rings. The van der Waals surface area contributed by atoms with E-state index in [-0.39, 0.29) is 11.0 Å². The Labute approximate surface area is 108 Å². The van der Waals surface area contributed by atoms with Gasteiger partial charge in [0.1, 0.15) is 0 Å². The molecule has 0 aromatic rings. The molecule has 1 rings (SSSR count). The maximum absolute atomic E-state index is 5.83. The summed E-state index contributed by atoms with van der Waals surface area (Å²) in [6.07, 6.45) is 5.56. The Hall–Kier alpha value is -0.0800. The Kier molecular flexibility index (Phi) is 5.46. The van der Waals surface area contributed by atoms with E-state index in [0.717, 1.165) is 25.7 Å². The highest BCUT2D eigenvalue weighted by Gasteiger charge is 2.22. The van der Waals surface area contributed by atoms with E-state index >= 15 is 0 Å². The van der Waals surface area contributed by atoms with Gasteiger partial charge in [0.25, 0.3) is 0 Å². The van der Waals surface area contributed by atoms with Crippen LogP contribution in [0.5, 0.6) is 0 Å². The van der Waals surface area contributed by atoms with Crippen LogP contribution in [0.2, 0.25) is 0 Å². The number of nitrogens with one attached hydrogen (secondary N) is 1. The van der Waals surface area contributed by atoms with E-state index in [1.807, 2.05) is 0 Å². The predicted octanol–water partition coefficient (Wildman–Crippen LogP) is 3.61. The molecule has 0 bridgehead atoms. The average molecular weight is 241 g/mol. The molecule has 1 fully saturated rings. The van der Waals surface area contributed by atoms with E-state index in [2.05, 4.69) is 39.9 Å². The summed E-state index contributed by atoms with van der Waals surface area (Å²) < 4.78 is 5.83. The van der Waals surface area contributed by atoms with Gasteiger partial charge in [-0.2, -0.15) is 0 Å². The second kappa shape index (κ2) is 6.19. The quantitative estimate of drug-likeness (QED) is 0.688. The molecule has 102 valence electrons. The summed E-state index contributed by atoms with van der Waals surface area (Å²) in [5.41, 5.74) is 0.427. The Balaban J connectivity index is 2.06. The molecule has 0 aromatic carbocycles. The van der Waals surface area contributed by atoms with Crippen LogP contribution in [0, 0.1) is 11.3 Å². The van der Waals surface area contributed by atoms with Crippen molar-refractivity contribution in [3.8, 4) is 0 Å². The molecule has 1 aliphatic carbocycles. The Morgan fingerprint density at radius 3 is 2.24 bits per heavy atom. The highest BCUT2D eigenvalue weighted by Crippen LogP contribution is 2.29. The van der Waals surface area contributed by atoms with Crippen LogP contribution >= 0.6 is 0 Å². The SMILES string of the molecule is CC(C)(CNC(C)(C)C)COCCC1CCC1. The fraction of sp³-hybridized carbons (Fsp3) is 1.00. The molecule has 17 heavy (non-hydrogen) atoms. The minimum atomic E-state index is 0.198. The number of rotatable bonds is 7. The van der Waals surface area contributed by atoms with E-state index in [4.69, 9.17) is 4.74 Å². The zero-order valence-corrected chi connectivity index (χ0v) is 12.4. The van der Waals surface area contributed by atoms with Gasteiger partial charge in [0.05, 0.1) is 6.61 Å². The summed E-state index contributed by atoms with van der Waals surface area (Å²) in [6.45, 7) is 14.0. The Morgan fingerprint density at radius 2 is 1.76 bits per heavy atom. The first-order valence-electron chi connectivity index (χ1n) is 7.11. The summed E-state index contributed by atoms with van der Waals surface area (Å²) in [5, 5.41) is 3.55. The third-order valence-corrected chi connectivity index (χ3v) is 3.49. The maximum Gasteiger partial charge on any atom is 0.0529 e. The van der Waals surface area contributed by atoms with Crippen LogP contribution in [-0.2, 0) is 4.74 Å². The summed E-state index contributed by atoms with van der Waals surface area (Å²) in [5.74, 6) is 0.964. The molecule has 0 aromatic heterocycles. The second-order valence-electron chi connectivity index (χ2n) is 7.41. The van der Waals surface area contributed by atoms with Gasteiger partial charge in [-0.05, 0) is 33.1 Å². The minimum absolute atomic E-state index is 0.198. The first-order chi connectivity index (χ1) is 7.79. The van der Waals surface area contributed by atoms with Crippen molar-refractivity contribution in [2.75, 3.05) is 19.8 Å². The van der Waals surface area contributed by atoms with E-state index < -0.39 is 0 Å². The molecular formula is C15H31NO. The van der Waals surface area contributed by atoms with Crippen LogP contribution in [0.4, 0.5) is 0 Å². The lowest BCUT2D eigenvalue weighted by Gasteiger charge is -2.31. The smallest absolute Gasteiger partial charge is 0.0529 e. The van der Waals surface area contributed by atoms with Crippen LogP contribution in [0.3, 0.4) is 0 Å². The molecule has 0 heterocycles. The monoisotopic (exact) mass is 241 g/mol. The lowest BCUT2D eigenvalue weighted by atomic mass is 9.83. The minimum Gasteiger partial charge on any atom is -0.381 e. The van der Waals surface area contributed by atoms with Crippen molar-refractivity contribution in [2.24, 2.45) is 11.3 Å². The number of hydrogen-bond donors (Lipinski definition) is 1. The molecule has 0 radical (unpaired) electrons. The van der Waals surface area contributed by atoms with Gasteiger partial charge in [-0.3, -0.25) is 0 Å². The Morgan fingerprint density at radius 1 is 1.12 bits per heavy atom. The van der Waals surface area contributed by atoms with Crippen molar-refractivity contribution in [1.82, 2.24) is 5.32 Å². The molecule has 0 spiro atoms. The number of ether oxygens (including phenoxy) is 1. The first-order valence-corrected chi connectivity index (χ1v) is 7.11. The summed E-state index contributed by atoms with van der Waals surface area (Å²) in [7, 11) is 0. The molecule has 0 atom stereocenters. The predicted molar refractivity (Wildman–Crippen MR) is 74.3 cm³/mol. The zero-order chi connectivity index (χ0) is 12.9. The van der Waals surface area contributed by atoms with E-state index in [9.17, 15) is 0 Å². The molecular weight excluding hydrogens is 210 g/mol. The molecule has 0 unspecified atom stereocenters. The summed E-state index contributed by atoms with van der Waals surface area (Å²) in [6, 6.07) is 0. The van der Waals surface area contributed by atoms with Crippen LogP contribution in [-0.4, -0.2) is 25.3 Å². The second-order valence-corrected chi connectivity index (χ2v) is 7.41. The molecule has 0 aliphatic heterocycles. The highest BCUT2D eigenvalue weighted by molar-refractivity contribution is 4.78.